The lowest BCUT2D eigenvalue weighted by atomic mass is 10.3. The number of benzene rings is 2. The van der Waals surface area contributed by atoms with Crippen LogP contribution in [0.2, 0.25) is 0 Å². The van der Waals surface area contributed by atoms with Gasteiger partial charge in [0, 0.05) is 0 Å². The van der Waals surface area contributed by atoms with Crippen LogP contribution >= 0.6 is 0 Å². The molecule has 6 heteroatoms. The number of hydrogen-bond donors (Lipinski definition) is 2. The molecule has 2 aromatic carbocycles. The van der Waals surface area contributed by atoms with Crippen molar-refractivity contribution < 1.29 is 17.7 Å². The lowest BCUT2D eigenvalue weighted by Crippen LogP contribution is -2.00. The van der Waals surface area contributed by atoms with E-state index in [0.717, 1.165) is 6.07 Å². The summed E-state index contributed by atoms with van der Waals surface area (Å²) in [5, 5.41) is 0. The van der Waals surface area contributed by atoms with Crippen molar-refractivity contribution in [2.75, 3.05) is 5.73 Å². The van der Waals surface area contributed by atoms with Crippen molar-refractivity contribution in [3.8, 4) is 11.5 Å². The molecule has 2 aromatic rings. The van der Waals surface area contributed by atoms with Crippen LogP contribution in [0.15, 0.2) is 53.4 Å². The molecule has 0 fully saturated rings. The number of para-hydroxylation sites is 1. The Bertz CT molecular complexity index is 653. The van der Waals surface area contributed by atoms with Crippen LogP contribution in [0, 0.1) is 0 Å². The predicted molar refractivity (Wildman–Crippen MR) is 67.2 cm³/mol. The largest absolute Gasteiger partial charge is 0.455 e. The van der Waals surface area contributed by atoms with Crippen molar-refractivity contribution in [3.63, 3.8) is 0 Å². The van der Waals surface area contributed by atoms with Gasteiger partial charge in [-0.25, -0.2) is 0 Å². The minimum atomic E-state index is -4.25. The second-order valence-corrected chi connectivity index (χ2v) is 5.01. The van der Waals surface area contributed by atoms with Gasteiger partial charge in [-0.15, -0.1) is 0 Å². The van der Waals surface area contributed by atoms with Gasteiger partial charge in [0.05, 0.1) is 10.6 Å². The summed E-state index contributed by atoms with van der Waals surface area (Å²) in [5.74, 6) is 0.914. The molecule has 0 aliphatic carbocycles. The number of nitrogens with two attached hydrogens (primary N) is 1. The molecule has 5 nitrogen and oxygen atoms in total. The van der Waals surface area contributed by atoms with E-state index in [9.17, 15) is 8.42 Å². The Labute approximate surface area is 105 Å². The molecule has 0 heterocycles. The molecule has 2 rings (SSSR count). The first-order valence-corrected chi connectivity index (χ1v) is 6.51. The maximum Gasteiger partial charge on any atom is 0.294 e. The molecule has 0 bridgehead atoms. The number of hydrogen-bond acceptors (Lipinski definition) is 4. The SMILES string of the molecule is Nc1cc(S(=O)(=O)O)ccc1Oc1ccccc1. The van der Waals surface area contributed by atoms with Gasteiger partial charge in [-0.1, -0.05) is 18.2 Å². The van der Waals surface area contributed by atoms with Crippen molar-refractivity contribution in [2.45, 2.75) is 4.90 Å². The smallest absolute Gasteiger partial charge is 0.294 e. The summed E-state index contributed by atoms with van der Waals surface area (Å²) in [6.07, 6.45) is 0. The summed E-state index contributed by atoms with van der Waals surface area (Å²) in [7, 11) is -4.25. The average molecular weight is 265 g/mol. The van der Waals surface area contributed by atoms with Gasteiger partial charge in [0.2, 0.25) is 0 Å². The Kier molecular flexibility index (Phi) is 3.22. The van der Waals surface area contributed by atoms with Crippen LogP contribution in [0.25, 0.3) is 0 Å². The highest BCUT2D eigenvalue weighted by molar-refractivity contribution is 7.85. The molecule has 0 amide bonds. The van der Waals surface area contributed by atoms with Gasteiger partial charge < -0.3 is 10.5 Å². The summed E-state index contributed by atoms with van der Waals surface area (Å²) < 4.78 is 36.2. The molecular formula is C12H11NO4S. The number of ether oxygens (including phenoxy) is 1. The standard InChI is InChI=1S/C12H11NO4S/c13-11-8-10(18(14,15)16)6-7-12(11)17-9-4-2-1-3-5-9/h1-8H,13H2,(H,14,15,16). The maximum atomic E-state index is 10.9. The molecule has 0 spiro atoms. The van der Waals surface area contributed by atoms with Crippen LogP contribution < -0.4 is 10.5 Å². The molecule has 0 saturated carbocycles. The fraction of sp³-hybridized carbons (Fsp3) is 0. The van der Waals surface area contributed by atoms with E-state index in [1.54, 1.807) is 24.3 Å². The zero-order valence-corrected chi connectivity index (χ0v) is 10.1. The van der Waals surface area contributed by atoms with Crippen molar-refractivity contribution in [1.82, 2.24) is 0 Å². The topological polar surface area (TPSA) is 89.6 Å². The average Bonchev–Trinajstić information content (AvgIpc) is 2.32. The first-order valence-electron chi connectivity index (χ1n) is 5.07. The van der Waals surface area contributed by atoms with E-state index in [-0.39, 0.29) is 10.6 Å². The second kappa shape index (κ2) is 4.67. The fourth-order valence-electron chi connectivity index (χ4n) is 1.40. The van der Waals surface area contributed by atoms with Crippen molar-refractivity contribution in [3.05, 3.63) is 48.5 Å². The van der Waals surface area contributed by atoms with Gasteiger partial charge in [0.1, 0.15) is 11.5 Å². The molecule has 0 unspecified atom stereocenters. The first kappa shape index (κ1) is 12.4. The van der Waals surface area contributed by atoms with E-state index in [1.807, 2.05) is 6.07 Å². The summed E-state index contributed by atoms with van der Waals surface area (Å²) >= 11 is 0. The number of anilines is 1. The molecule has 0 atom stereocenters. The summed E-state index contributed by atoms with van der Waals surface area (Å²) in [5.41, 5.74) is 5.80. The molecule has 94 valence electrons. The Morgan fingerprint density at radius 3 is 2.28 bits per heavy atom. The fourth-order valence-corrected chi connectivity index (χ4v) is 1.91. The molecule has 0 radical (unpaired) electrons. The van der Waals surface area contributed by atoms with Crippen molar-refractivity contribution >= 4 is 15.8 Å². The van der Waals surface area contributed by atoms with Gasteiger partial charge in [-0.3, -0.25) is 4.55 Å². The van der Waals surface area contributed by atoms with E-state index in [2.05, 4.69) is 0 Å². The highest BCUT2D eigenvalue weighted by Crippen LogP contribution is 2.29. The van der Waals surface area contributed by atoms with Crippen LogP contribution in [-0.2, 0) is 10.1 Å². The van der Waals surface area contributed by atoms with E-state index in [0.29, 0.717) is 11.5 Å². The lowest BCUT2D eigenvalue weighted by Gasteiger charge is -2.09. The molecule has 18 heavy (non-hydrogen) atoms. The Hall–Kier alpha value is -2.05. The highest BCUT2D eigenvalue weighted by Gasteiger charge is 2.12. The normalized spacial score (nSPS) is 11.2. The third-order valence-corrected chi connectivity index (χ3v) is 3.10. The summed E-state index contributed by atoms with van der Waals surface area (Å²) in [6, 6.07) is 12.7. The molecular weight excluding hydrogens is 254 g/mol. The van der Waals surface area contributed by atoms with Gasteiger partial charge >= 0.3 is 0 Å². The Morgan fingerprint density at radius 1 is 1.06 bits per heavy atom. The van der Waals surface area contributed by atoms with E-state index >= 15 is 0 Å². The Morgan fingerprint density at radius 2 is 1.72 bits per heavy atom. The molecule has 0 aromatic heterocycles. The van der Waals surface area contributed by atoms with Crippen molar-refractivity contribution in [2.24, 2.45) is 0 Å². The monoisotopic (exact) mass is 265 g/mol. The summed E-state index contributed by atoms with van der Waals surface area (Å²) in [6.45, 7) is 0. The van der Waals surface area contributed by atoms with Crippen LogP contribution in [0.5, 0.6) is 11.5 Å². The lowest BCUT2D eigenvalue weighted by molar-refractivity contribution is 0.479. The van der Waals surface area contributed by atoms with Gasteiger partial charge in [-0.2, -0.15) is 8.42 Å². The molecule has 0 aliphatic rings. The first-order chi connectivity index (χ1) is 8.47. The molecule has 3 N–H and O–H groups in total. The third kappa shape index (κ3) is 2.79. The minimum Gasteiger partial charge on any atom is -0.455 e. The maximum absolute atomic E-state index is 10.9. The van der Waals surface area contributed by atoms with E-state index < -0.39 is 10.1 Å². The Balaban J connectivity index is 2.32. The van der Waals surface area contributed by atoms with E-state index in [1.165, 1.54) is 12.1 Å². The molecule has 0 saturated heterocycles. The second-order valence-electron chi connectivity index (χ2n) is 3.59. The van der Waals surface area contributed by atoms with Crippen molar-refractivity contribution in [1.29, 1.82) is 0 Å². The quantitative estimate of drug-likeness (QED) is 0.656. The summed E-state index contributed by atoms with van der Waals surface area (Å²) in [4.78, 5) is -0.264. The minimum absolute atomic E-state index is 0.133. The highest BCUT2D eigenvalue weighted by atomic mass is 32.2. The van der Waals surface area contributed by atoms with Gasteiger partial charge in [0.15, 0.2) is 0 Å². The zero-order chi connectivity index (χ0) is 13.2. The predicted octanol–water partition coefficient (Wildman–Crippen LogP) is 2.31. The molecule has 0 aliphatic heterocycles. The third-order valence-electron chi connectivity index (χ3n) is 2.25. The number of rotatable bonds is 3. The van der Waals surface area contributed by atoms with Crippen LogP contribution in [0.3, 0.4) is 0 Å². The van der Waals surface area contributed by atoms with Crippen LogP contribution in [0.4, 0.5) is 5.69 Å². The van der Waals surface area contributed by atoms with E-state index in [4.69, 9.17) is 15.0 Å². The zero-order valence-electron chi connectivity index (χ0n) is 9.28. The number of nitrogen functional groups attached to an aromatic ring is 1. The van der Waals surface area contributed by atoms with Crippen LogP contribution in [-0.4, -0.2) is 13.0 Å². The van der Waals surface area contributed by atoms with Crippen LogP contribution in [0.1, 0.15) is 0 Å². The van der Waals surface area contributed by atoms with Gasteiger partial charge in [-0.05, 0) is 30.3 Å². The van der Waals surface area contributed by atoms with Gasteiger partial charge in [0.25, 0.3) is 10.1 Å².